The number of hydrogen-bond donors (Lipinski definition) is 1. The lowest BCUT2D eigenvalue weighted by molar-refractivity contribution is -0.143. The van der Waals surface area contributed by atoms with Crippen LogP contribution < -0.4 is 0 Å². The van der Waals surface area contributed by atoms with Crippen LogP contribution in [-0.2, 0) is 33.5 Å². The first-order valence-electron chi connectivity index (χ1n) is 14.7. The van der Waals surface area contributed by atoms with Crippen molar-refractivity contribution in [1.29, 1.82) is 0 Å². The summed E-state index contributed by atoms with van der Waals surface area (Å²) in [6.45, 7) is 7.24. The van der Waals surface area contributed by atoms with E-state index in [2.05, 4.69) is 36.9 Å². The summed E-state index contributed by atoms with van der Waals surface area (Å²) in [5.74, 6) is -0.799. The van der Waals surface area contributed by atoms with E-state index in [0.29, 0.717) is 19.8 Å². The Kier molecular flexibility index (Phi) is 8.81. The van der Waals surface area contributed by atoms with Crippen LogP contribution in [0.25, 0.3) is 0 Å². The standard InChI is InChI=1S/C32H44N2O4/c1-32(2)18-16-29(38-22-32)26-11-4-5-12-27(26)30(31(35)36)34-19-17-25(21-34)37-20-8-7-10-24-15-14-23-9-3-6-13-28(23)33-24/h4-5,11-12,14-15,25,29-30H,3,6-10,13,16-22H2,1-2H3,(H,35,36)/t25-,29?,30?/m1/s1. The molecule has 6 nitrogen and oxygen atoms in total. The minimum Gasteiger partial charge on any atom is -0.480 e. The lowest BCUT2D eigenvalue weighted by Gasteiger charge is -2.36. The Morgan fingerprint density at radius 3 is 2.82 bits per heavy atom. The second-order valence-electron chi connectivity index (χ2n) is 12.2. The third-order valence-corrected chi connectivity index (χ3v) is 8.59. The number of carbonyl (C=O) groups is 1. The predicted molar refractivity (Wildman–Crippen MR) is 148 cm³/mol. The van der Waals surface area contributed by atoms with Crippen LogP contribution in [0.3, 0.4) is 0 Å². The first-order chi connectivity index (χ1) is 18.4. The van der Waals surface area contributed by atoms with Crippen LogP contribution in [0, 0.1) is 5.41 Å². The molecule has 1 aromatic heterocycles. The number of likely N-dealkylation sites (tertiary alicyclic amines) is 1. The van der Waals surface area contributed by atoms with E-state index in [1.54, 1.807) is 0 Å². The van der Waals surface area contributed by atoms with Gasteiger partial charge in [-0.2, -0.15) is 0 Å². The first-order valence-corrected chi connectivity index (χ1v) is 14.7. The fraction of sp³-hybridized carbons (Fsp3) is 0.625. The van der Waals surface area contributed by atoms with Gasteiger partial charge in [-0.25, -0.2) is 0 Å². The van der Waals surface area contributed by atoms with Crippen LogP contribution in [0.1, 0.15) is 99.0 Å². The summed E-state index contributed by atoms with van der Waals surface area (Å²) in [6.07, 6.45) is 10.8. The summed E-state index contributed by atoms with van der Waals surface area (Å²) in [4.78, 5) is 19.5. The molecule has 3 heterocycles. The Hall–Kier alpha value is -2.28. The number of rotatable bonds is 10. The Balaban J connectivity index is 1.12. The van der Waals surface area contributed by atoms with Crippen molar-refractivity contribution in [3.8, 4) is 0 Å². The molecule has 0 spiro atoms. The van der Waals surface area contributed by atoms with Gasteiger partial charge in [0.15, 0.2) is 0 Å². The van der Waals surface area contributed by atoms with Gasteiger partial charge < -0.3 is 14.6 Å². The number of benzene rings is 1. The predicted octanol–water partition coefficient (Wildman–Crippen LogP) is 6.08. The summed E-state index contributed by atoms with van der Waals surface area (Å²) in [6, 6.07) is 11.8. The summed E-state index contributed by atoms with van der Waals surface area (Å²) in [5.41, 5.74) is 6.01. The van der Waals surface area contributed by atoms with E-state index in [1.807, 2.05) is 18.2 Å². The lowest BCUT2D eigenvalue weighted by atomic mass is 9.82. The van der Waals surface area contributed by atoms with Crippen molar-refractivity contribution in [1.82, 2.24) is 9.88 Å². The maximum Gasteiger partial charge on any atom is 0.325 e. The number of aryl methyl sites for hydroxylation is 3. The van der Waals surface area contributed by atoms with Crippen LogP contribution in [-0.4, -0.2) is 53.4 Å². The van der Waals surface area contributed by atoms with E-state index in [4.69, 9.17) is 14.5 Å². The number of carboxylic acid groups (broad SMARTS) is 1. The Bertz CT molecular complexity index is 1090. The fourth-order valence-corrected chi connectivity index (χ4v) is 6.34. The van der Waals surface area contributed by atoms with Crippen molar-refractivity contribution in [3.05, 3.63) is 64.5 Å². The molecule has 0 amide bonds. The van der Waals surface area contributed by atoms with E-state index >= 15 is 0 Å². The van der Waals surface area contributed by atoms with E-state index in [-0.39, 0.29) is 17.6 Å². The highest BCUT2D eigenvalue weighted by Crippen LogP contribution is 2.40. The molecule has 1 N–H and O–H groups in total. The van der Waals surface area contributed by atoms with Gasteiger partial charge in [0.2, 0.25) is 0 Å². The molecule has 1 aliphatic carbocycles. The summed E-state index contributed by atoms with van der Waals surface area (Å²) >= 11 is 0. The largest absolute Gasteiger partial charge is 0.480 e. The van der Waals surface area contributed by atoms with Gasteiger partial charge in [-0.1, -0.05) is 44.2 Å². The number of aliphatic carboxylic acids is 1. The second kappa shape index (κ2) is 12.3. The molecule has 2 aromatic rings. The van der Waals surface area contributed by atoms with Gasteiger partial charge in [0.05, 0.1) is 18.8 Å². The smallest absolute Gasteiger partial charge is 0.325 e. The second-order valence-corrected chi connectivity index (χ2v) is 12.2. The number of carboxylic acids is 1. The molecule has 206 valence electrons. The van der Waals surface area contributed by atoms with Crippen molar-refractivity contribution < 1.29 is 19.4 Å². The summed E-state index contributed by atoms with van der Waals surface area (Å²) in [5, 5.41) is 10.3. The van der Waals surface area contributed by atoms with Gasteiger partial charge in [0.1, 0.15) is 6.04 Å². The minimum absolute atomic E-state index is 0.0414. The van der Waals surface area contributed by atoms with Gasteiger partial charge in [-0.15, -0.1) is 0 Å². The monoisotopic (exact) mass is 520 g/mol. The number of aromatic nitrogens is 1. The maximum atomic E-state index is 12.5. The molecule has 3 atom stereocenters. The molecular formula is C32H44N2O4. The molecule has 3 aliphatic rings. The van der Waals surface area contributed by atoms with Crippen molar-refractivity contribution in [2.24, 2.45) is 5.41 Å². The molecule has 0 saturated carbocycles. The van der Waals surface area contributed by atoms with Crippen LogP contribution in [0.15, 0.2) is 36.4 Å². The zero-order valence-electron chi connectivity index (χ0n) is 23.2. The molecule has 2 saturated heterocycles. The molecular weight excluding hydrogens is 476 g/mol. The Morgan fingerprint density at radius 2 is 2.00 bits per heavy atom. The Morgan fingerprint density at radius 1 is 1.16 bits per heavy atom. The number of pyridine rings is 1. The first kappa shape index (κ1) is 27.3. The highest BCUT2D eigenvalue weighted by Gasteiger charge is 2.37. The summed E-state index contributed by atoms with van der Waals surface area (Å²) in [7, 11) is 0. The molecule has 6 heteroatoms. The molecule has 2 fully saturated rings. The van der Waals surface area contributed by atoms with Crippen LogP contribution in [0.2, 0.25) is 0 Å². The van der Waals surface area contributed by atoms with Gasteiger partial charge in [0, 0.05) is 31.1 Å². The number of fused-ring (bicyclic) bond motifs is 1. The van der Waals surface area contributed by atoms with Crippen molar-refractivity contribution in [2.45, 2.75) is 96.3 Å². The Labute approximate surface area is 227 Å². The number of hydrogen-bond acceptors (Lipinski definition) is 5. The highest BCUT2D eigenvalue weighted by molar-refractivity contribution is 5.76. The normalized spacial score (nSPS) is 24.2. The van der Waals surface area contributed by atoms with Gasteiger partial charge in [-0.3, -0.25) is 14.7 Å². The zero-order valence-corrected chi connectivity index (χ0v) is 23.2. The van der Waals surface area contributed by atoms with Gasteiger partial charge >= 0.3 is 5.97 Å². The van der Waals surface area contributed by atoms with E-state index in [0.717, 1.165) is 62.6 Å². The minimum atomic E-state index is -0.799. The van der Waals surface area contributed by atoms with Crippen LogP contribution in [0.5, 0.6) is 0 Å². The zero-order chi connectivity index (χ0) is 26.5. The van der Waals surface area contributed by atoms with Gasteiger partial charge in [-0.05, 0) is 92.4 Å². The SMILES string of the molecule is CC1(C)CCC(c2ccccc2C(C(=O)O)N2CC[C@@H](OCCCCc3ccc4c(n3)CCCC4)C2)OC1. The van der Waals surface area contributed by atoms with Gasteiger partial charge in [0.25, 0.3) is 0 Å². The molecule has 38 heavy (non-hydrogen) atoms. The van der Waals surface area contributed by atoms with E-state index in [9.17, 15) is 9.90 Å². The molecule has 2 aliphatic heterocycles. The van der Waals surface area contributed by atoms with Crippen LogP contribution >= 0.6 is 0 Å². The quantitative estimate of drug-likeness (QED) is 0.383. The van der Waals surface area contributed by atoms with E-state index in [1.165, 1.54) is 36.2 Å². The number of ether oxygens (including phenoxy) is 2. The molecule has 2 unspecified atom stereocenters. The fourth-order valence-electron chi connectivity index (χ4n) is 6.34. The molecule has 5 rings (SSSR count). The highest BCUT2D eigenvalue weighted by atomic mass is 16.5. The van der Waals surface area contributed by atoms with Crippen molar-refractivity contribution >= 4 is 5.97 Å². The van der Waals surface area contributed by atoms with Crippen molar-refractivity contribution in [2.75, 3.05) is 26.3 Å². The summed E-state index contributed by atoms with van der Waals surface area (Å²) < 4.78 is 12.4. The number of nitrogens with zero attached hydrogens (tertiary/aromatic N) is 2. The molecule has 0 radical (unpaired) electrons. The average molecular weight is 521 g/mol. The van der Waals surface area contributed by atoms with Crippen molar-refractivity contribution in [3.63, 3.8) is 0 Å². The van der Waals surface area contributed by atoms with E-state index < -0.39 is 12.0 Å². The third kappa shape index (κ3) is 6.64. The third-order valence-electron chi connectivity index (χ3n) is 8.59. The topological polar surface area (TPSA) is 71.9 Å². The molecule has 0 bridgehead atoms. The average Bonchev–Trinajstić information content (AvgIpc) is 3.37. The van der Waals surface area contributed by atoms with Crippen LogP contribution in [0.4, 0.5) is 0 Å². The lowest BCUT2D eigenvalue weighted by Crippen LogP contribution is -2.35. The molecule has 1 aromatic carbocycles. The number of unbranched alkanes of at least 4 members (excludes halogenated alkanes) is 1. The maximum absolute atomic E-state index is 12.5.